The number of hydrogen-bond donors (Lipinski definition) is 0. The van der Waals surface area contributed by atoms with Gasteiger partial charge >= 0.3 is 5.97 Å². The SMILES string of the molecule is CCOC(=O)c1csc(CN(C(=O)CC(C)(C)C)C2CC2)n1. The Morgan fingerprint density at radius 3 is 2.64 bits per heavy atom. The molecule has 0 spiro atoms. The van der Waals surface area contributed by atoms with Gasteiger partial charge in [0, 0.05) is 17.8 Å². The fourth-order valence-corrected chi connectivity index (χ4v) is 2.95. The first-order valence-electron chi connectivity index (χ1n) is 7.71. The lowest BCUT2D eigenvalue weighted by Gasteiger charge is -2.26. The maximum absolute atomic E-state index is 12.5. The summed E-state index contributed by atoms with van der Waals surface area (Å²) >= 11 is 1.41. The minimum atomic E-state index is -0.399. The minimum absolute atomic E-state index is 0.0246. The van der Waals surface area contributed by atoms with Crippen LogP contribution in [0, 0.1) is 5.41 Å². The van der Waals surface area contributed by atoms with E-state index in [1.807, 2.05) is 4.90 Å². The predicted molar refractivity (Wildman–Crippen MR) is 85.7 cm³/mol. The van der Waals surface area contributed by atoms with Crippen molar-refractivity contribution in [2.24, 2.45) is 5.41 Å². The number of ether oxygens (including phenoxy) is 1. The molecule has 1 heterocycles. The van der Waals surface area contributed by atoms with Crippen molar-refractivity contribution in [2.45, 2.75) is 59.5 Å². The first kappa shape index (κ1) is 16.9. The molecule has 0 atom stereocenters. The van der Waals surface area contributed by atoms with Crippen LogP contribution in [0.2, 0.25) is 0 Å². The monoisotopic (exact) mass is 324 g/mol. The zero-order chi connectivity index (χ0) is 16.3. The molecule has 2 rings (SSSR count). The number of carbonyl (C=O) groups is 2. The molecule has 0 N–H and O–H groups in total. The van der Waals surface area contributed by atoms with Crippen molar-refractivity contribution < 1.29 is 14.3 Å². The summed E-state index contributed by atoms with van der Waals surface area (Å²) in [4.78, 5) is 30.4. The molecule has 0 aliphatic heterocycles. The Kier molecular flexibility index (Phi) is 5.21. The molecule has 0 bridgehead atoms. The molecule has 1 aliphatic carbocycles. The van der Waals surface area contributed by atoms with Crippen LogP contribution in [-0.4, -0.2) is 34.4 Å². The highest BCUT2D eigenvalue weighted by molar-refractivity contribution is 7.09. The molecule has 1 aromatic rings. The van der Waals surface area contributed by atoms with Crippen LogP contribution in [0.4, 0.5) is 0 Å². The molecule has 1 aromatic heterocycles. The Morgan fingerprint density at radius 1 is 1.41 bits per heavy atom. The minimum Gasteiger partial charge on any atom is -0.461 e. The van der Waals surface area contributed by atoms with Gasteiger partial charge in [-0.15, -0.1) is 11.3 Å². The average molecular weight is 324 g/mol. The predicted octanol–water partition coefficient (Wildman–Crippen LogP) is 3.25. The molecule has 122 valence electrons. The van der Waals surface area contributed by atoms with E-state index in [-0.39, 0.29) is 11.3 Å². The fraction of sp³-hybridized carbons (Fsp3) is 0.688. The number of amides is 1. The molecule has 0 radical (unpaired) electrons. The second-order valence-electron chi connectivity index (χ2n) is 6.84. The summed E-state index contributed by atoms with van der Waals surface area (Å²) in [6, 6.07) is 0.338. The summed E-state index contributed by atoms with van der Waals surface area (Å²) in [6.07, 6.45) is 2.65. The van der Waals surface area contributed by atoms with E-state index in [9.17, 15) is 9.59 Å². The summed E-state index contributed by atoms with van der Waals surface area (Å²) in [5.74, 6) is -0.230. The van der Waals surface area contributed by atoms with Gasteiger partial charge < -0.3 is 9.64 Å². The lowest BCUT2D eigenvalue weighted by atomic mass is 9.91. The first-order valence-corrected chi connectivity index (χ1v) is 8.59. The van der Waals surface area contributed by atoms with Gasteiger partial charge in [-0.3, -0.25) is 4.79 Å². The zero-order valence-corrected chi connectivity index (χ0v) is 14.5. The summed E-state index contributed by atoms with van der Waals surface area (Å²) in [6.45, 7) is 8.80. The second kappa shape index (κ2) is 6.77. The quantitative estimate of drug-likeness (QED) is 0.754. The lowest BCUT2D eigenvalue weighted by molar-refractivity contribution is -0.134. The van der Waals surface area contributed by atoms with Crippen LogP contribution in [0.1, 0.15) is 62.5 Å². The molecule has 22 heavy (non-hydrogen) atoms. The van der Waals surface area contributed by atoms with Crippen LogP contribution >= 0.6 is 11.3 Å². The van der Waals surface area contributed by atoms with Crippen molar-refractivity contribution in [2.75, 3.05) is 6.61 Å². The fourth-order valence-electron chi connectivity index (χ4n) is 2.19. The topological polar surface area (TPSA) is 59.5 Å². The van der Waals surface area contributed by atoms with E-state index in [0.717, 1.165) is 17.8 Å². The Balaban J connectivity index is 2.02. The molecule has 0 unspecified atom stereocenters. The molecular formula is C16H24N2O3S. The largest absolute Gasteiger partial charge is 0.461 e. The molecule has 1 amide bonds. The standard InChI is InChI=1S/C16H24N2O3S/c1-5-21-15(20)12-10-22-13(17-12)9-18(11-6-7-11)14(19)8-16(2,3)4/h10-11H,5-9H2,1-4H3. The maximum atomic E-state index is 12.5. The number of carbonyl (C=O) groups excluding carboxylic acids is 2. The summed E-state index contributed by atoms with van der Waals surface area (Å²) in [5.41, 5.74) is 0.310. The van der Waals surface area contributed by atoms with Gasteiger partial charge in [0.1, 0.15) is 5.01 Å². The third-order valence-corrected chi connectivity index (χ3v) is 4.17. The van der Waals surface area contributed by atoms with Crippen LogP contribution in [0.5, 0.6) is 0 Å². The maximum Gasteiger partial charge on any atom is 0.357 e. The van der Waals surface area contributed by atoms with Crippen LogP contribution in [0.3, 0.4) is 0 Å². The lowest BCUT2D eigenvalue weighted by Crippen LogP contribution is -2.34. The number of hydrogen-bond acceptors (Lipinski definition) is 5. The number of aromatic nitrogens is 1. The Hall–Kier alpha value is -1.43. The van der Waals surface area contributed by atoms with E-state index in [1.54, 1.807) is 12.3 Å². The molecule has 1 fully saturated rings. The Labute approximate surface area is 135 Å². The summed E-state index contributed by atoms with van der Waals surface area (Å²) in [5, 5.41) is 2.49. The van der Waals surface area contributed by atoms with E-state index in [1.165, 1.54) is 11.3 Å². The van der Waals surface area contributed by atoms with Gasteiger partial charge in [-0.1, -0.05) is 20.8 Å². The molecule has 5 nitrogen and oxygen atoms in total. The Morgan fingerprint density at radius 2 is 2.09 bits per heavy atom. The van der Waals surface area contributed by atoms with E-state index in [2.05, 4.69) is 25.8 Å². The van der Waals surface area contributed by atoms with Crippen molar-refractivity contribution in [1.82, 2.24) is 9.88 Å². The molecule has 1 saturated carbocycles. The highest BCUT2D eigenvalue weighted by Gasteiger charge is 2.34. The van der Waals surface area contributed by atoms with Gasteiger partial charge in [0.25, 0.3) is 0 Å². The van der Waals surface area contributed by atoms with Crippen molar-refractivity contribution in [1.29, 1.82) is 0 Å². The second-order valence-corrected chi connectivity index (χ2v) is 7.78. The molecular weight excluding hydrogens is 300 g/mol. The van der Waals surface area contributed by atoms with Gasteiger partial charge in [-0.25, -0.2) is 9.78 Å². The van der Waals surface area contributed by atoms with E-state index < -0.39 is 5.97 Å². The van der Waals surface area contributed by atoms with E-state index in [4.69, 9.17) is 4.74 Å². The Bertz CT molecular complexity index is 544. The number of esters is 1. The summed E-state index contributed by atoms with van der Waals surface area (Å²) < 4.78 is 4.94. The van der Waals surface area contributed by atoms with Crippen molar-refractivity contribution in [3.63, 3.8) is 0 Å². The van der Waals surface area contributed by atoms with Gasteiger partial charge in [-0.05, 0) is 25.2 Å². The third-order valence-electron chi connectivity index (χ3n) is 3.33. The van der Waals surface area contributed by atoms with Crippen LogP contribution < -0.4 is 0 Å². The number of nitrogens with zero attached hydrogens (tertiary/aromatic N) is 2. The van der Waals surface area contributed by atoms with Gasteiger partial charge in [0.15, 0.2) is 5.69 Å². The van der Waals surface area contributed by atoms with Crippen LogP contribution in [0.25, 0.3) is 0 Å². The smallest absolute Gasteiger partial charge is 0.357 e. The number of thiazole rings is 1. The van der Waals surface area contributed by atoms with Gasteiger partial charge in [0.05, 0.1) is 13.2 Å². The molecule has 0 aromatic carbocycles. The van der Waals surface area contributed by atoms with Gasteiger partial charge in [-0.2, -0.15) is 0 Å². The highest BCUT2D eigenvalue weighted by atomic mass is 32.1. The average Bonchev–Trinajstić information content (AvgIpc) is 3.12. The van der Waals surface area contributed by atoms with Crippen LogP contribution in [0.15, 0.2) is 5.38 Å². The first-order chi connectivity index (χ1) is 10.3. The van der Waals surface area contributed by atoms with Crippen molar-refractivity contribution >= 4 is 23.2 Å². The number of rotatable bonds is 6. The summed E-state index contributed by atoms with van der Waals surface area (Å²) in [7, 11) is 0. The van der Waals surface area contributed by atoms with Crippen molar-refractivity contribution in [3.8, 4) is 0 Å². The molecule has 6 heteroatoms. The zero-order valence-electron chi connectivity index (χ0n) is 13.7. The normalized spacial score (nSPS) is 14.7. The van der Waals surface area contributed by atoms with Crippen LogP contribution in [-0.2, 0) is 16.1 Å². The van der Waals surface area contributed by atoms with Crippen molar-refractivity contribution in [3.05, 3.63) is 16.1 Å². The van der Waals surface area contributed by atoms with E-state index >= 15 is 0 Å². The molecule has 1 aliphatic rings. The van der Waals surface area contributed by atoms with E-state index in [0.29, 0.717) is 31.3 Å². The molecule has 0 saturated heterocycles. The van der Waals surface area contributed by atoms with Gasteiger partial charge in [0.2, 0.25) is 5.91 Å². The third kappa shape index (κ3) is 4.80. The highest BCUT2D eigenvalue weighted by Crippen LogP contribution is 2.31.